The van der Waals surface area contributed by atoms with E-state index in [4.69, 9.17) is 4.74 Å². The van der Waals surface area contributed by atoms with Crippen molar-refractivity contribution in [3.63, 3.8) is 0 Å². The van der Waals surface area contributed by atoms with Crippen LogP contribution in [0.5, 0.6) is 5.75 Å². The van der Waals surface area contributed by atoms with Crippen LogP contribution < -0.4 is 4.74 Å². The van der Waals surface area contributed by atoms with Gasteiger partial charge in [0.2, 0.25) is 0 Å². The SMILES string of the molecule is C=CCCCCOc1cc[c-]cc1F.[Zn+][Br]. The van der Waals surface area contributed by atoms with E-state index in [2.05, 4.69) is 26.3 Å². The molecule has 84 valence electrons. The molecule has 0 bridgehead atoms. The van der Waals surface area contributed by atoms with Crippen LogP contribution in [0.15, 0.2) is 30.9 Å². The summed E-state index contributed by atoms with van der Waals surface area (Å²) in [4.78, 5) is 0. The molecule has 0 spiro atoms. The molecule has 0 atom stereocenters. The van der Waals surface area contributed by atoms with Gasteiger partial charge in [-0.05, 0) is 19.3 Å². The molecular formula is C12H14BrFOZn. The maximum atomic E-state index is 13.0. The molecule has 1 rings (SSSR count). The number of hydrogen-bond donors (Lipinski definition) is 0. The number of halogens is 2. The summed E-state index contributed by atoms with van der Waals surface area (Å²) in [5.41, 5.74) is 0. The van der Waals surface area contributed by atoms with Crippen molar-refractivity contribution in [1.82, 2.24) is 0 Å². The summed E-state index contributed by atoms with van der Waals surface area (Å²) in [6.07, 6.45) is 4.81. The monoisotopic (exact) mass is 336 g/mol. The van der Waals surface area contributed by atoms with Crippen LogP contribution in [0.3, 0.4) is 0 Å². The Labute approximate surface area is 113 Å². The molecule has 0 heterocycles. The standard InChI is InChI=1S/C12H14FO.BrH.Zn/c1-2-3-4-7-10-14-12-9-6-5-8-11(12)13;;/h2,6,8-9H,1,3-4,7,10H2;1H;/q-1;;+2/p-1. The van der Waals surface area contributed by atoms with Gasteiger partial charge < -0.3 is 4.74 Å². The van der Waals surface area contributed by atoms with Gasteiger partial charge in [0.1, 0.15) is 0 Å². The van der Waals surface area contributed by atoms with Gasteiger partial charge in [-0.2, -0.15) is 12.1 Å². The van der Waals surface area contributed by atoms with E-state index in [0.717, 1.165) is 19.3 Å². The molecular weight excluding hydrogens is 324 g/mol. The van der Waals surface area contributed by atoms with Crippen molar-refractivity contribution < 1.29 is 25.5 Å². The molecule has 0 aromatic heterocycles. The van der Waals surface area contributed by atoms with Crippen molar-refractivity contribution in [2.45, 2.75) is 19.3 Å². The molecule has 1 aromatic carbocycles. The zero-order valence-corrected chi connectivity index (χ0v) is 13.8. The molecule has 0 N–H and O–H groups in total. The van der Waals surface area contributed by atoms with Gasteiger partial charge in [0, 0.05) is 11.6 Å². The van der Waals surface area contributed by atoms with Gasteiger partial charge in [-0.15, -0.1) is 18.7 Å². The molecule has 1 nitrogen and oxygen atoms in total. The van der Waals surface area contributed by atoms with Gasteiger partial charge in [-0.1, -0.05) is 6.08 Å². The quantitative estimate of drug-likeness (QED) is 0.327. The second-order valence-corrected chi connectivity index (χ2v) is 2.99. The Morgan fingerprint density at radius 3 is 2.88 bits per heavy atom. The predicted molar refractivity (Wildman–Crippen MR) is 63.7 cm³/mol. The van der Waals surface area contributed by atoms with Crippen LogP contribution in [-0.4, -0.2) is 6.61 Å². The number of unbranched alkanes of at least 4 members (excludes halogenated alkanes) is 2. The van der Waals surface area contributed by atoms with Crippen molar-refractivity contribution >= 4 is 13.6 Å². The third kappa shape index (κ3) is 7.13. The molecule has 16 heavy (non-hydrogen) atoms. The first-order valence-electron chi connectivity index (χ1n) is 5.00. The topological polar surface area (TPSA) is 9.23 Å². The van der Waals surface area contributed by atoms with E-state index in [1.165, 1.54) is 22.4 Å². The van der Waals surface area contributed by atoms with Crippen molar-refractivity contribution in [3.05, 3.63) is 42.7 Å². The van der Waals surface area contributed by atoms with Gasteiger partial charge in [-0.25, -0.2) is 0 Å². The Morgan fingerprint density at radius 1 is 1.50 bits per heavy atom. The summed E-state index contributed by atoms with van der Waals surface area (Å²) in [6.45, 7) is 4.18. The van der Waals surface area contributed by atoms with Crippen molar-refractivity contribution in [2.75, 3.05) is 6.61 Å². The Hall–Kier alpha value is -0.207. The van der Waals surface area contributed by atoms with Gasteiger partial charge in [0.15, 0.2) is 0 Å². The van der Waals surface area contributed by atoms with Crippen molar-refractivity contribution in [1.29, 1.82) is 0 Å². The summed E-state index contributed by atoms with van der Waals surface area (Å²) in [6, 6.07) is 7.15. The third-order valence-electron chi connectivity index (χ3n) is 1.84. The molecule has 0 radical (unpaired) electrons. The van der Waals surface area contributed by atoms with Crippen molar-refractivity contribution in [2.24, 2.45) is 0 Å². The first-order valence-corrected chi connectivity index (χ1v) is 12.0. The summed E-state index contributed by atoms with van der Waals surface area (Å²) in [5, 5.41) is 0. The predicted octanol–water partition coefficient (Wildman–Crippen LogP) is 4.20. The van der Waals surface area contributed by atoms with Crippen LogP contribution in [0, 0.1) is 11.9 Å². The van der Waals surface area contributed by atoms with E-state index in [0.29, 0.717) is 12.4 Å². The van der Waals surface area contributed by atoms with E-state index >= 15 is 0 Å². The van der Waals surface area contributed by atoms with Gasteiger partial charge in [0.05, 0.1) is 6.61 Å². The number of benzene rings is 1. The van der Waals surface area contributed by atoms with E-state index in [1.54, 1.807) is 12.1 Å². The zero-order chi connectivity index (χ0) is 12.2. The number of allylic oxidation sites excluding steroid dienone is 1. The Balaban J connectivity index is 0.00000106. The average molecular weight is 339 g/mol. The van der Waals surface area contributed by atoms with Crippen LogP contribution in [0.1, 0.15) is 19.3 Å². The Bertz CT molecular complexity index is 294. The van der Waals surface area contributed by atoms with Crippen LogP contribution in [0.2, 0.25) is 0 Å². The molecule has 0 aliphatic carbocycles. The fraction of sp³-hybridized carbons (Fsp3) is 0.333. The molecule has 4 heteroatoms. The van der Waals surface area contributed by atoms with Gasteiger partial charge in [0.25, 0.3) is 0 Å². The van der Waals surface area contributed by atoms with Crippen molar-refractivity contribution in [3.8, 4) is 5.75 Å². The number of ether oxygens (including phenoxy) is 1. The van der Waals surface area contributed by atoms with E-state index in [1.807, 2.05) is 6.08 Å². The van der Waals surface area contributed by atoms with Crippen LogP contribution in [0.25, 0.3) is 0 Å². The molecule has 0 amide bonds. The van der Waals surface area contributed by atoms with Crippen LogP contribution in [-0.2, 0) is 16.3 Å². The van der Waals surface area contributed by atoms with Crippen LogP contribution in [0.4, 0.5) is 4.39 Å². The summed E-state index contributed by atoms with van der Waals surface area (Å²) in [5.74, 6) is -0.0430. The first-order chi connectivity index (χ1) is 7.84. The van der Waals surface area contributed by atoms with E-state index in [9.17, 15) is 4.39 Å². The first kappa shape index (κ1) is 15.8. The zero-order valence-electron chi connectivity index (χ0n) is 9.22. The van der Waals surface area contributed by atoms with Gasteiger partial charge >= 0.3 is 30.0 Å². The maximum absolute atomic E-state index is 13.0. The molecule has 1 aromatic rings. The van der Waals surface area contributed by atoms with E-state index in [-0.39, 0.29) is 5.82 Å². The fourth-order valence-electron chi connectivity index (χ4n) is 1.09. The molecule has 0 saturated heterocycles. The summed E-state index contributed by atoms with van der Waals surface area (Å²) >= 11 is 4.25. The Morgan fingerprint density at radius 2 is 2.25 bits per heavy atom. The number of rotatable bonds is 6. The Kier molecular flexibility index (Phi) is 11.1. The van der Waals surface area contributed by atoms with Gasteiger partial charge in [-0.3, -0.25) is 4.39 Å². The second-order valence-electron chi connectivity index (χ2n) is 2.99. The average Bonchev–Trinajstić information content (AvgIpc) is 2.34. The normalized spacial score (nSPS) is 9.00. The molecule has 0 saturated carbocycles. The molecule has 0 unspecified atom stereocenters. The fourth-order valence-corrected chi connectivity index (χ4v) is 1.09. The molecule has 0 aliphatic heterocycles. The second kappa shape index (κ2) is 11.3. The summed E-state index contributed by atoms with van der Waals surface area (Å²) in [7, 11) is 0. The minimum atomic E-state index is -0.351. The number of hydrogen-bond acceptors (Lipinski definition) is 1. The molecule has 0 aliphatic rings. The third-order valence-corrected chi connectivity index (χ3v) is 1.84. The minimum absolute atomic E-state index is 0.308. The summed E-state index contributed by atoms with van der Waals surface area (Å²) < 4.78 is 18.2. The van der Waals surface area contributed by atoms with Crippen LogP contribution >= 0.6 is 13.6 Å². The molecule has 0 fully saturated rings. The van der Waals surface area contributed by atoms with E-state index < -0.39 is 0 Å².